The molecule has 0 radical (unpaired) electrons. The molecule has 0 aliphatic heterocycles. The second-order valence-electron chi connectivity index (χ2n) is 5.47. The molecule has 2 rings (SSSR count). The summed E-state index contributed by atoms with van der Waals surface area (Å²) in [5.41, 5.74) is 2.17. The van der Waals surface area contributed by atoms with E-state index >= 15 is 0 Å². The van der Waals surface area contributed by atoms with Crippen LogP contribution in [0.2, 0.25) is 0 Å². The number of carbonyl (C=O) groups is 2. The lowest BCUT2D eigenvalue weighted by Crippen LogP contribution is -2.11. The molecule has 0 fully saturated rings. The van der Waals surface area contributed by atoms with Crippen molar-refractivity contribution in [2.75, 3.05) is 0 Å². The summed E-state index contributed by atoms with van der Waals surface area (Å²) >= 11 is 0. The van der Waals surface area contributed by atoms with Gasteiger partial charge in [0.2, 0.25) is 0 Å². The number of benzene rings is 2. The lowest BCUT2D eigenvalue weighted by Gasteiger charge is -2.14. The molecule has 2 aromatic carbocycles. The lowest BCUT2D eigenvalue weighted by molar-refractivity contribution is -0.140. The molecule has 3 nitrogen and oxygen atoms in total. The van der Waals surface area contributed by atoms with Crippen LogP contribution in [0.4, 0.5) is 0 Å². The summed E-state index contributed by atoms with van der Waals surface area (Å²) in [5.74, 6) is -1.30. The molecular formula is C20H20O3. The smallest absolute Gasteiger partial charge is 0.310 e. The van der Waals surface area contributed by atoms with Gasteiger partial charge in [0.1, 0.15) is 12.2 Å². The number of carboxylic acids is 1. The lowest BCUT2D eigenvalue weighted by atomic mass is 9.89. The number of carboxylic acid groups (broad SMARTS) is 1. The van der Waals surface area contributed by atoms with Crippen molar-refractivity contribution in [2.24, 2.45) is 0 Å². The molecule has 0 aliphatic carbocycles. The molecule has 1 unspecified atom stereocenters. The van der Waals surface area contributed by atoms with Gasteiger partial charge >= 0.3 is 5.97 Å². The Kier molecular flexibility index (Phi) is 6.30. The average molecular weight is 308 g/mol. The van der Waals surface area contributed by atoms with E-state index in [9.17, 15) is 9.59 Å². The van der Waals surface area contributed by atoms with E-state index in [0.717, 1.165) is 11.1 Å². The molecule has 0 bridgehead atoms. The quantitative estimate of drug-likeness (QED) is 0.739. The van der Waals surface area contributed by atoms with E-state index in [1.165, 1.54) is 0 Å². The van der Waals surface area contributed by atoms with Crippen molar-refractivity contribution >= 4 is 17.8 Å². The minimum atomic E-state index is -1.07. The zero-order valence-electron chi connectivity index (χ0n) is 12.9. The summed E-state index contributed by atoms with van der Waals surface area (Å²) in [6, 6.07) is 19.7. The first-order valence-corrected chi connectivity index (χ1v) is 7.65. The Hall–Kier alpha value is -2.68. The van der Waals surface area contributed by atoms with Crippen LogP contribution in [-0.2, 0) is 9.59 Å². The fourth-order valence-electron chi connectivity index (χ4n) is 2.51. The van der Waals surface area contributed by atoms with E-state index in [4.69, 9.17) is 5.11 Å². The standard InChI is InChI=1S/C20H20O3/c21-19(15-20(22)23)14-18(17-11-5-2-6-12-17)13-7-10-16-8-3-1-4-9-16/h1-12,18H,13-15H2,(H,22,23). The number of hydrogen-bond donors (Lipinski definition) is 1. The first kappa shape index (κ1) is 16.7. The molecule has 2 aromatic rings. The van der Waals surface area contributed by atoms with E-state index in [1.807, 2.05) is 72.8 Å². The van der Waals surface area contributed by atoms with Gasteiger partial charge in [-0.3, -0.25) is 9.59 Å². The van der Waals surface area contributed by atoms with Crippen LogP contribution in [0.5, 0.6) is 0 Å². The van der Waals surface area contributed by atoms with Crippen molar-refractivity contribution in [3.05, 3.63) is 77.9 Å². The molecule has 0 spiro atoms. The van der Waals surface area contributed by atoms with E-state index < -0.39 is 12.4 Å². The first-order chi connectivity index (χ1) is 11.1. The average Bonchev–Trinajstić information content (AvgIpc) is 2.55. The van der Waals surface area contributed by atoms with Gasteiger partial charge < -0.3 is 5.11 Å². The van der Waals surface area contributed by atoms with Crippen LogP contribution >= 0.6 is 0 Å². The maximum atomic E-state index is 11.9. The van der Waals surface area contributed by atoms with Gasteiger partial charge in [-0.1, -0.05) is 72.8 Å². The summed E-state index contributed by atoms with van der Waals surface area (Å²) in [6.45, 7) is 0. The van der Waals surface area contributed by atoms with Gasteiger partial charge in [0.05, 0.1) is 0 Å². The predicted molar refractivity (Wildman–Crippen MR) is 91.2 cm³/mol. The SMILES string of the molecule is O=C(O)CC(=O)CC(CC=Cc1ccccc1)c1ccccc1. The highest BCUT2D eigenvalue weighted by Crippen LogP contribution is 2.25. The zero-order chi connectivity index (χ0) is 16.5. The molecule has 0 amide bonds. The minimum Gasteiger partial charge on any atom is -0.481 e. The summed E-state index contributed by atoms with van der Waals surface area (Å²) in [5, 5.41) is 8.76. The number of ketones is 1. The maximum absolute atomic E-state index is 11.9. The molecule has 1 N–H and O–H groups in total. The van der Waals surface area contributed by atoms with E-state index in [0.29, 0.717) is 6.42 Å². The number of Topliss-reactive ketones (excluding diaryl/α,β-unsaturated/α-hetero) is 1. The van der Waals surface area contributed by atoms with Crippen LogP contribution in [0.3, 0.4) is 0 Å². The van der Waals surface area contributed by atoms with E-state index in [2.05, 4.69) is 0 Å². The van der Waals surface area contributed by atoms with Gasteiger partial charge in [-0.25, -0.2) is 0 Å². The molecule has 0 heterocycles. The third kappa shape index (κ3) is 5.91. The predicted octanol–water partition coefficient (Wildman–Crippen LogP) is 4.31. The molecule has 0 saturated heterocycles. The van der Waals surface area contributed by atoms with Crippen LogP contribution in [0.15, 0.2) is 66.7 Å². The van der Waals surface area contributed by atoms with Crippen LogP contribution in [0.25, 0.3) is 6.08 Å². The molecule has 118 valence electrons. The third-order valence-electron chi connectivity index (χ3n) is 3.62. The van der Waals surface area contributed by atoms with Crippen LogP contribution < -0.4 is 0 Å². The van der Waals surface area contributed by atoms with E-state index in [1.54, 1.807) is 0 Å². The minimum absolute atomic E-state index is 0.00279. The summed E-state index contributed by atoms with van der Waals surface area (Å²) < 4.78 is 0. The van der Waals surface area contributed by atoms with Gasteiger partial charge in [0.15, 0.2) is 0 Å². The summed E-state index contributed by atoms with van der Waals surface area (Å²) in [6.07, 6.45) is 4.60. The van der Waals surface area contributed by atoms with Crippen molar-refractivity contribution in [2.45, 2.75) is 25.2 Å². The summed E-state index contributed by atoms with van der Waals surface area (Å²) in [7, 11) is 0. The Labute approximate surface area is 136 Å². The highest BCUT2D eigenvalue weighted by molar-refractivity contribution is 5.95. The van der Waals surface area contributed by atoms with Gasteiger partial charge in [-0.15, -0.1) is 0 Å². The highest BCUT2D eigenvalue weighted by Gasteiger charge is 2.16. The Balaban J connectivity index is 2.06. The van der Waals surface area contributed by atoms with Crippen molar-refractivity contribution in [1.82, 2.24) is 0 Å². The number of aliphatic carboxylic acids is 1. The number of allylic oxidation sites excluding steroid dienone is 1. The molecule has 1 atom stereocenters. The molecule has 0 saturated carbocycles. The number of carbonyl (C=O) groups excluding carboxylic acids is 1. The topological polar surface area (TPSA) is 54.4 Å². The Morgan fingerprint density at radius 3 is 2.17 bits per heavy atom. The van der Waals surface area contributed by atoms with Crippen molar-refractivity contribution in [1.29, 1.82) is 0 Å². The second kappa shape index (κ2) is 8.69. The third-order valence-corrected chi connectivity index (χ3v) is 3.62. The fourth-order valence-corrected chi connectivity index (χ4v) is 2.51. The second-order valence-corrected chi connectivity index (χ2v) is 5.47. The first-order valence-electron chi connectivity index (χ1n) is 7.65. The van der Waals surface area contributed by atoms with Gasteiger partial charge in [0.25, 0.3) is 0 Å². The Morgan fingerprint density at radius 2 is 1.57 bits per heavy atom. The maximum Gasteiger partial charge on any atom is 0.310 e. The number of rotatable bonds is 8. The molecule has 0 aliphatic rings. The molecular weight excluding hydrogens is 288 g/mol. The van der Waals surface area contributed by atoms with E-state index in [-0.39, 0.29) is 18.1 Å². The van der Waals surface area contributed by atoms with Crippen LogP contribution in [0, 0.1) is 0 Å². The van der Waals surface area contributed by atoms with Gasteiger partial charge in [-0.05, 0) is 23.5 Å². The largest absolute Gasteiger partial charge is 0.481 e. The Bertz CT molecular complexity index is 660. The van der Waals surface area contributed by atoms with Crippen molar-refractivity contribution < 1.29 is 14.7 Å². The van der Waals surface area contributed by atoms with Crippen LogP contribution in [0.1, 0.15) is 36.3 Å². The zero-order valence-corrected chi connectivity index (χ0v) is 12.9. The monoisotopic (exact) mass is 308 g/mol. The van der Waals surface area contributed by atoms with Gasteiger partial charge in [-0.2, -0.15) is 0 Å². The fraction of sp³-hybridized carbons (Fsp3) is 0.200. The normalized spacial score (nSPS) is 12.2. The molecule has 23 heavy (non-hydrogen) atoms. The van der Waals surface area contributed by atoms with Crippen molar-refractivity contribution in [3.8, 4) is 0 Å². The number of hydrogen-bond acceptors (Lipinski definition) is 2. The van der Waals surface area contributed by atoms with Crippen LogP contribution in [-0.4, -0.2) is 16.9 Å². The van der Waals surface area contributed by atoms with Gasteiger partial charge in [0, 0.05) is 6.42 Å². The highest BCUT2D eigenvalue weighted by atomic mass is 16.4. The van der Waals surface area contributed by atoms with Crippen molar-refractivity contribution in [3.63, 3.8) is 0 Å². The Morgan fingerprint density at radius 1 is 0.957 bits per heavy atom. The molecule has 3 heteroatoms. The summed E-state index contributed by atoms with van der Waals surface area (Å²) in [4.78, 5) is 22.6. The molecule has 0 aromatic heterocycles.